The number of rotatable bonds is 8. The molecule has 2 atom stereocenters. The Bertz CT molecular complexity index is 1070. The molecule has 0 N–H and O–H groups in total. The normalized spacial score (nSPS) is 24.5. The quantitative estimate of drug-likeness (QED) is 0.430. The van der Waals surface area contributed by atoms with Crippen LogP contribution >= 0.6 is 0 Å². The van der Waals surface area contributed by atoms with E-state index < -0.39 is 8.07 Å². The fourth-order valence-corrected chi connectivity index (χ4v) is 10.2. The maximum Gasteiger partial charge on any atom is 0.113 e. The van der Waals surface area contributed by atoms with Crippen LogP contribution in [0.2, 0.25) is 13.1 Å². The van der Waals surface area contributed by atoms with Crippen molar-refractivity contribution in [3.05, 3.63) is 82.9 Å². The summed E-state index contributed by atoms with van der Waals surface area (Å²) in [6.07, 6.45) is 7.73. The van der Waals surface area contributed by atoms with Crippen LogP contribution in [0.1, 0.15) is 46.9 Å². The predicted molar refractivity (Wildman–Crippen MR) is 156 cm³/mol. The average Bonchev–Trinajstić information content (AvgIpc) is 3.52. The molecule has 2 aliphatic heterocycles. The second-order valence-corrected chi connectivity index (χ2v) is 16.0. The Morgan fingerprint density at radius 2 is 1.05 bits per heavy atom. The third kappa shape index (κ3) is 5.17. The summed E-state index contributed by atoms with van der Waals surface area (Å²) in [7, 11) is -1.91. The monoisotopic (exact) mass is 514 g/mol. The second-order valence-electron chi connectivity index (χ2n) is 11.7. The van der Waals surface area contributed by atoms with Crippen LogP contribution in [0.4, 0.5) is 0 Å². The molecule has 2 unspecified atom stereocenters. The third-order valence-electron chi connectivity index (χ3n) is 9.10. The van der Waals surface area contributed by atoms with E-state index >= 15 is 0 Å². The summed E-state index contributed by atoms with van der Waals surface area (Å²) in [5.41, 5.74) is 6.12. The summed E-state index contributed by atoms with van der Waals surface area (Å²) in [5.74, 6) is 1.05. The van der Waals surface area contributed by atoms with E-state index in [1.165, 1.54) is 24.0 Å². The number of ether oxygens (including phenoxy) is 2. The summed E-state index contributed by atoms with van der Waals surface area (Å²) in [4.78, 5) is 5.16. The smallest absolute Gasteiger partial charge is 0.113 e. The molecule has 37 heavy (non-hydrogen) atoms. The predicted octanol–water partition coefficient (Wildman–Crippen LogP) is 5.58. The zero-order chi connectivity index (χ0) is 25.2. The van der Waals surface area contributed by atoms with E-state index in [2.05, 4.69) is 83.6 Å². The van der Waals surface area contributed by atoms with E-state index in [4.69, 9.17) is 9.47 Å². The Morgan fingerprint density at radius 3 is 1.49 bits per heavy atom. The standard InChI is InChI=1S/C32H42N2O2Si/c1-37(2,31-23-25(27-7-3-5-9-29(27)31)11-13-33-15-19-35-20-16-33)32-24-26(28-8-4-6-10-30(28)32)12-14-34-17-21-36-22-18-34/h3-10,23-26H,11-22H2,1-2H3. The van der Waals surface area contributed by atoms with Gasteiger partial charge in [0.25, 0.3) is 0 Å². The first-order chi connectivity index (χ1) is 18.1. The number of hydrogen-bond acceptors (Lipinski definition) is 4. The molecule has 6 rings (SSSR count). The first-order valence-corrected chi connectivity index (χ1v) is 17.3. The average molecular weight is 515 g/mol. The third-order valence-corrected chi connectivity index (χ3v) is 12.7. The largest absolute Gasteiger partial charge is 0.379 e. The van der Waals surface area contributed by atoms with Gasteiger partial charge in [-0.3, -0.25) is 9.80 Å². The molecule has 5 heteroatoms. The number of fused-ring (bicyclic) bond motifs is 2. The molecule has 4 aliphatic rings. The Morgan fingerprint density at radius 1 is 0.649 bits per heavy atom. The van der Waals surface area contributed by atoms with Gasteiger partial charge in [-0.25, -0.2) is 0 Å². The van der Waals surface area contributed by atoms with Gasteiger partial charge in [0.15, 0.2) is 0 Å². The van der Waals surface area contributed by atoms with Crippen molar-refractivity contribution in [1.82, 2.24) is 9.80 Å². The van der Waals surface area contributed by atoms with Gasteiger partial charge in [0, 0.05) is 38.0 Å². The summed E-state index contributed by atoms with van der Waals surface area (Å²) in [5, 5.41) is 3.29. The molecular weight excluding hydrogens is 472 g/mol. The minimum Gasteiger partial charge on any atom is -0.379 e. The molecule has 2 aromatic rings. The fourth-order valence-electron chi connectivity index (χ4n) is 6.90. The first kappa shape index (κ1) is 25.3. The summed E-state index contributed by atoms with van der Waals surface area (Å²) >= 11 is 0. The first-order valence-electron chi connectivity index (χ1n) is 14.3. The van der Waals surface area contributed by atoms with Crippen LogP contribution in [0.3, 0.4) is 0 Å². The molecule has 0 bridgehead atoms. The molecule has 196 valence electrons. The highest BCUT2D eigenvalue weighted by molar-refractivity contribution is 7.08. The van der Waals surface area contributed by atoms with Crippen molar-refractivity contribution in [2.75, 3.05) is 65.7 Å². The van der Waals surface area contributed by atoms with Gasteiger partial charge in [-0.15, -0.1) is 0 Å². The van der Waals surface area contributed by atoms with E-state index in [1.807, 2.05) is 0 Å². The van der Waals surface area contributed by atoms with Crippen LogP contribution < -0.4 is 0 Å². The summed E-state index contributed by atoms with van der Waals surface area (Å²) in [6.45, 7) is 15.3. The molecule has 4 nitrogen and oxygen atoms in total. The Balaban J connectivity index is 1.26. The van der Waals surface area contributed by atoms with Crippen LogP contribution in [0, 0.1) is 0 Å². The van der Waals surface area contributed by atoms with Gasteiger partial charge < -0.3 is 9.47 Å². The topological polar surface area (TPSA) is 24.9 Å². The zero-order valence-electron chi connectivity index (χ0n) is 22.6. The lowest BCUT2D eigenvalue weighted by molar-refractivity contribution is 0.0370. The summed E-state index contributed by atoms with van der Waals surface area (Å²) in [6, 6.07) is 18.5. The van der Waals surface area contributed by atoms with Gasteiger partial charge >= 0.3 is 0 Å². The van der Waals surface area contributed by atoms with E-state index in [1.54, 1.807) is 21.5 Å². The van der Waals surface area contributed by atoms with Crippen molar-refractivity contribution in [3.8, 4) is 0 Å². The SMILES string of the molecule is C[Si](C)(C1=CC(CCN2CCOCC2)c2ccccc21)C1=CC(CCN2CCOCC2)c2ccccc21. The molecule has 0 aromatic heterocycles. The molecule has 2 heterocycles. The van der Waals surface area contributed by atoms with Crippen molar-refractivity contribution in [2.24, 2.45) is 0 Å². The number of allylic oxidation sites excluding steroid dienone is 2. The molecule has 2 saturated heterocycles. The second kappa shape index (κ2) is 11.0. The molecule has 2 fully saturated rings. The highest BCUT2D eigenvalue weighted by atomic mass is 28.3. The number of benzene rings is 2. The van der Waals surface area contributed by atoms with Crippen molar-refractivity contribution in [3.63, 3.8) is 0 Å². The van der Waals surface area contributed by atoms with Gasteiger partial charge in [-0.05, 0) is 48.2 Å². The lowest BCUT2D eigenvalue weighted by atomic mass is 9.97. The van der Waals surface area contributed by atoms with Crippen LogP contribution in [0.25, 0.3) is 10.4 Å². The molecule has 2 aliphatic carbocycles. The van der Waals surface area contributed by atoms with Gasteiger partial charge in [0.1, 0.15) is 8.07 Å². The Labute approximate surface area is 224 Å². The van der Waals surface area contributed by atoms with Crippen LogP contribution in [0.5, 0.6) is 0 Å². The van der Waals surface area contributed by atoms with Gasteiger partial charge in [-0.1, -0.05) is 84.2 Å². The molecule has 2 aromatic carbocycles. The van der Waals surface area contributed by atoms with Crippen molar-refractivity contribution >= 4 is 18.5 Å². The fraction of sp³-hybridized carbons (Fsp3) is 0.500. The number of nitrogens with zero attached hydrogens (tertiary/aromatic N) is 2. The van der Waals surface area contributed by atoms with Gasteiger partial charge in [-0.2, -0.15) is 0 Å². The van der Waals surface area contributed by atoms with E-state index in [9.17, 15) is 0 Å². The molecule has 0 amide bonds. The number of hydrogen-bond donors (Lipinski definition) is 0. The molecule has 0 radical (unpaired) electrons. The van der Waals surface area contributed by atoms with E-state index in [0.29, 0.717) is 11.8 Å². The number of morpholine rings is 2. The molecule has 0 spiro atoms. The Hall–Kier alpha value is -2.02. The van der Waals surface area contributed by atoms with Gasteiger partial charge in [0.05, 0.1) is 26.4 Å². The van der Waals surface area contributed by atoms with Crippen LogP contribution in [0.15, 0.2) is 60.7 Å². The minimum atomic E-state index is -1.91. The zero-order valence-corrected chi connectivity index (χ0v) is 23.6. The molecule has 0 saturated carbocycles. The van der Waals surface area contributed by atoms with Gasteiger partial charge in [0.2, 0.25) is 0 Å². The van der Waals surface area contributed by atoms with Crippen molar-refractivity contribution in [2.45, 2.75) is 37.8 Å². The maximum absolute atomic E-state index is 5.57. The maximum atomic E-state index is 5.57. The van der Waals surface area contributed by atoms with Crippen LogP contribution in [-0.2, 0) is 9.47 Å². The molecular formula is C32H42N2O2Si. The lowest BCUT2D eigenvalue weighted by Crippen LogP contribution is -2.37. The van der Waals surface area contributed by atoms with E-state index in [-0.39, 0.29) is 0 Å². The summed E-state index contributed by atoms with van der Waals surface area (Å²) < 4.78 is 11.1. The lowest BCUT2D eigenvalue weighted by Gasteiger charge is -2.28. The highest BCUT2D eigenvalue weighted by Crippen LogP contribution is 2.50. The van der Waals surface area contributed by atoms with Crippen molar-refractivity contribution in [1.29, 1.82) is 0 Å². The van der Waals surface area contributed by atoms with Crippen LogP contribution in [-0.4, -0.2) is 83.6 Å². The Kier molecular flexibility index (Phi) is 7.51. The minimum absolute atomic E-state index is 0.523. The van der Waals surface area contributed by atoms with E-state index in [0.717, 1.165) is 65.7 Å². The van der Waals surface area contributed by atoms with Crippen molar-refractivity contribution < 1.29 is 9.47 Å². The highest BCUT2D eigenvalue weighted by Gasteiger charge is 2.40.